The lowest BCUT2D eigenvalue weighted by Crippen LogP contribution is -2.54. The maximum atomic E-state index is 15.1. The molecule has 22 heteroatoms. The van der Waals surface area contributed by atoms with E-state index in [-0.39, 0.29) is 65.6 Å². The second-order valence-corrected chi connectivity index (χ2v) is 22.0. The average Bonchev–Trinajstić information content (AvgIpc) is 3.48. The van der Waals surface area contributed by atoms with E-state index in [0.29, 0.717) is 22.3 Å². The highest BCUT2D eigenvalue weighted by Crippen LogP contribution is 2.17. The summed E-state index contributed by atoms with van der Waals surface area (Å²) in [5.41, 5.74) is 0.599. The first-order chi connectivity index (χ1) is 39.9. The topological polar surface area (TPSA) is 234 Å². The Hall–Kier alpha value is -8.82. The third-order valence-electron chi connectivity index (χ3n) is 12.8. The molecule has 0 unspecified atom stereocenters. The molecule has 0 bridgehead atoms. The van der Waals surface area contributed by atoms with Crippen LogP contribution in [0.1, 0.15) is 77.6 Å². The number of hydrogen-bond acceptors (Lipinski definition) is 14. The van der Waals surface area contributed by atoms with Crippen LogP contribution in [-0.2, 0) is 83.5 Å². The summed E-state index contributed by atoms with van der Waals surface area (Å²) in [5.74, 6) is -6.07. The molecule has 84 heavy (non-hydrogen) atoms. The molecule has 4 aromatic carbocycles. The van der Waals surface area contributed by atoms with Crippen LogP contribution in [0.5, 0.6) is 0 Å². The number of ether oxygens (including phenoxy) is 4. The van der Waals surface area contributed by atoms with E-state index in [1.807, 2.05) is 0 Å². The van der Waals surface area contributed by atoms with Crippen LogP contribution in [0, 0.1) is 0 Å². The maximum Gasteiger partial charge on any atom is 0.411 e. The number of rotatable bonds is 18. The van der Waals surface area contributed by atoms with Gasteiger partial charge in [-0.3, -0.25) is 48.2 Å². The van der Waals surface area contributed by atoms with Crippen LogP contribution in [0.4, 0.5) is 9.59 Å². The van der Waals surface area contributed by atoms with Gasteiger partial charge in [-0.15, -0.1) is 0 Å². The summed E-state index contributed by atoms with van der Waals surface area (Å²) in [5, 5.41) is 0. The van der Waals surface area contributed by atoms with Crippen molar-refractivity contribution >= 4 is 59.6 Å². The molecule has 0 N–H and O–H groups in total. The second kappa shape index (κ2) is 32.1. The summed E-state index contributed by atoms with van der Waals surface area (Å²) < 4.78 is 21.5. The van der Waals surface area contributed by atoms with Crippen molar-refractivity contribution in [3.63, 3.8) is 0 Å². The zero-order valence-electron chi connectivity index (χ0n) is 49.6. The van der Waals surface area contributed by atoms with Crippen molar-refractivity contribution in [3.8, 4) is 0 Å². The first kappa shape index (κ1) is 66.0. The quantitative estimate of drug-likeness (QED) is 0.0901. The number of carbonyl (C=O) groups excluding carboxylic acids is 10. The van der Waals surface area contributed by atoms with Crippen molar-refractivity contribution < 1.29 is 66.9 Å². The molecule has 0 aliphatic carbocycles. The third kappa shape index (κ3) is 22.8. The largest absolute Gasteiger partial charge is 0.465 e. The Morgan fingerprint density at radius 1 is 0.393 bits per heavy atom. The second-order valence-electron chi connectivity index (χ2n) is 22.0. The van der Waals surface area contributed by atoms with Crippen LogP contribution in [0.2, 0.25) is 0 Å². The van der Waals surface area contributed by atoms with Crippen LogP contribution >= 0.6 is 0 Å². The fraction of sp³-hybridized carbons (Fsp3) is 0.452. The number of carbonyl (C=O) groups is 10. The summed E-state index contributed by atoms with van der Waals surface area (Å²) >= 11 is 0. The minimum atomic E-state index is -1.05. The minimum Gasteiger partial charge on any atom is -0.465 e. The summed E-state index contributed by atoms with van der Waals surface area (Å²) in [4.78, 5) is 153. The molecule has 22 nitrogen and oxygen atoms in total. The molecule has 5 rings (SSSR count). The van der Waals surface area contributed by atoms with Gasteiger partial charge in [0.05, 0.1) is 13.2 Å². The number of nitrogens with zero attached hydrogens (tertiary/aromatic N) is 8. The van der Waals surface area contributed by atoms with E-state index >= 15 is 19.2 Å². The lowest BCUT2D eigenvalue weighted by atomic mass is 10.2. The molecule has 1 saturated heterocycles. The molecule has 0 saturated carbocycles. The summed E-state index contributed by atoms with van der Waals surface area (Å²) in [7, 11) is 0. The van der Waals surface area contributed by atoms with E-state index < -0.39 is 123 Å². The fourth-order valence-corrected chi connectivity index (χ4v) is 8.66. The lowest BCUT2D eigenvalue weighted by molar-refractivity contribution is -0.150. The molecule has 0 aromatic heterocycles. The zero-order chi connectivity index (χ0) is 61.4. The predicted molar refractivity (Wildman–Crippen MR) is 309 cm³/mol. The summed E-state index contributed by atoms with van der Waals surface area (Å²) in [6.45, 7) is 6.11. The van der Waals surface area contributed by atoms with Gasteiger partial charge >= 0.3 is 24.1 Å². The van der Waals surface area contributed by atoms with Crippen molar-refractivity contribution in [3.05, 3.63) is 144 Å². The molecule has 0 spiro atoms. The van der Waals surface area contributed by atoms with Gasteiger partial charge in [0, 0.05) is 52.4 Å². The molecular weight excluding hydrogens is 1080 g/mol. The van der Waals surface area contributed by atoms with Gasteiger partial charge < -0.3 is 48.3 Å². The Kier molecular flexibility index (Phi) is 25.2. The van der Waals surface area contributed by atoms with Gasteiger partial charge in [0.1, 0.15) is 63.6 Å². The van der Waals surface area contributed by atoms with Crippen LogP contribution in [0.15, 0.2) is 121 Å². The SMILES string of the molecule is CCOC(=O)CN(CC(=O)N1CC(=O)N(Cc2ccccc2)CCN(Cc2ccccc2)C(=O)CN(C(=O)CN(CC(=O)OCC)C(=O)OC(C)(C)C)CC(=O)N(Cc2ccccc2)CCN(Cc2ccccc2)C(=O)C1)C(=O)OC(C)(C)C. The smallest absolute Gasteiger partial charge is 0.411 e. The van der Waals surface area contributed by atoms with Gasteiger partial charge in [0.15, 0.2) is 0 Å². The van der Waals surface area contributed by atoms with Gasteiger partial charge in [-0.2, -0.15) is 0 Å². The van der Waals surface area contributed by atoms with E-state index in [4.69, 9.17) is 18.9 Å². The number of esters is 2. The molecule has 1 heterocycles. The first-order valence-corrected chi connectivity index (χ1v) is 28.0. The summed E-state index contributed by atoms with van der Waals surface area (Å²) in [6.07, 6.45) is -2.05. The van der Waals surface area contributed by atoms with E-state index in [1.54, 1.807) is 177 Å². The number of amides is 8. The Bertz CT molecular complexity index is 2530. The molecule has 4 aromatic rings. The zero-order valence-corrected chi connectivity index (χ0v) is 49.6. The third-order valence-corrected chi connectivity index (χ3v) is 12.8. The van der Waals surface area contributed by atoms with E-state index in [2.05, 4.69) is 0 Å². The Morgan fingerprint density at radius 3 is 0.845 bits per heavy atom. The van der Waals surface area contributed by atoms with Gasteiger partial charge in [-0.05, 0) is 77.6 Å². The van der Waals surface area contributed by atoms with E-state index in [9.17, 15) is 28.8 Å². The molecule has 452 valence electrons. The molecule has 8 amide bonds. The van der Waals surface area contributed by atoms with Gasteiger partial charge in [0.2, 0.25) is 35.4 Å². The van der Waals surface area contributed by atoms with Crippen LogP contribution in [0.3, 0.4) is 0 Å². The van der Waals surface area contributed by atoms with E-state index in [0.717, 1.165) is 19.6 Å². The highest BCUT2D eigenvalue weighted by Gasteiger charge is 2.35. The minimum absolute atomic E-state index is 0.0230. The van der Waals surface area contributed by atoms with Crippen molar-refractivity contribution in [1.29, 1.82) is 0 Å². The van der Waals surface area contributed by atoms with Crippen LogP contribution in [-0.4, -0.2) is 202 Å². The fourth-order valence-electron chi connectivity index (χ4n) is 8.66. The summed E-state index contributed by atoms with van der Waals surface area (Å²) in [6, 6.07) is 35.8. The van der Waals surface area contributed by atoms with Gasteiger partial charge in [0.25, 0.3) is 0 Å². The first-order valence-electron chi connectivity index (χ1n) is 28.0. The molecule has 0 atom stereocenters. The van der Waals surface area contributed by atoms with Gasteiger partial charge in [-0.1, -0.05) is 121 Å². The molecule has 1 aliphatic rings. The normalized spacial score (nSPS) is 14.5. The maximum absolute atomic E-state index is 15.1. The van der Waals surface area contributed by atoms with Crippen molar-refractivity contribution in [2.75, 3.05) is 91.8 Å². The van der Waals surface area contributed by atoms with Crippen LogP contribution in [0.25, 0.3) is 0 Å². The van der Waals surface area contributed by atoms with Crippen molar-refractivity contribution in [2.24, 2.45) is 0 Å². The molecular formula is C62H80N8O14. The Labute approximate surface area is 492 Å². The molecule has 1 fully saturated rings. The van der Waals surface area contributed by atoms with Gasteiger partial charge in [-0.25, -0.2) is 9.59 Å². The van der Waals surface area contributed by atoms with Crippen molar-refractivity contribution in [1.82, 2.24) is 39.2 Å². The Balaban J connectivity index is 1.67. The standard InChI is InChI=1S/C62H80N8O14/c1-9-81-57(77)45-69(59(79)83-61(3,4)5)43-55(75)67-39-51(71)63(35-47-23-15-11-16-24-47)31-33-65(37-49-27-19-13-20-28-49)53(73)41-68(56(76)44-70(46-58(78)82-10-2)60(80)84-62(6,7)8)42-54(74)66(38-50-29-21-14-22-30-50)34-32-64(52(72)40-67)36-48-25-17-12-18-26-48/h11-30H,9-10,31-46H2,1-8H3. The van der Waals surface area contributed by atoms with E-state index in [1.165, 1.54) is 19.6 Å². The number of benzene rings is 4. The average molecular weight is 1160 g/mol. The highest BCUT2D eigenvalue weighted by molar-refractivity contribution is 5.93. The lowest BCUT2D eigenvalue weighted by Gasteiger charge is -2.35. The molecule has 1 aliphatic heterocycles. The van der Waals surface area contributed by atoms with Crippen LogP contribution < -0.4 is 0 Å². The predicted octanol–water partition coefficient (Wildman–Crippen LogP) is 5.37. The van der Waals surface area contributed by atoms with Crippen molar-refractivity contribution in [2.45, 2.75) is 92.8 Å². The molecule has 0 radical (unpaired) electrons. The highest BCUT2D eigenvalue weighted by atomic mass is 16.6. The number of hydrogen-bond donors (Lipinski definition) is 0. The monoisotopic (exact) mass is 1160 g/mol. The Morgan fingerprint density at radius 2 is 0.631 bits per heavy atom.